The van der Waals surface area contributed by atoms with E-state index in [0.717, 1.165) is 36.3 Å². The van der Waals surface area contributed by atoms with Crippen LogP contribution >= 0.6 is 35.0 Å². The molecule has 7 heteroatoms. The SMILES string of the molecule is O=C(CSc1ccc(NC(=O)C2CCCCC2)cc1)Nc1cc(Cl)ccc1Cl. The third-order valence-electron chi connectivity index (χ3n) is 4.67. The molecule has 0 aromatic heterocycles. The predicted molar refractivity (Wildman–Crippen MR) is 117 cm³/mol. The molecule has 1 aliphatic carbocycles. The molecule has 28 heavy (non-hydrogen) atoms. The largest absolute Gasteiger partial charge is 0.326 e. The molecule has 0 saturated heterocycles. The number of halogens is 2. The summed E-state index contributed by atoms with van der Waals surface area (Å²) in [7, 11) is 0. The van der Waals surface area contributed by atoms with Crippen LogP contribution in [0.25, 0.3) is 0 Å². The smallest absolute Gasteiger partial charge is 0.234 e. The van der Waals surface area contributed by atoms with E-state index in [4.69, 9.17) is 23.2 Å². The van der Waals surface area contributed by atoms with Gasteiger partial charge in [-0.15, -0.1) is 11.8 Å². The van der Waals surface area contributed by atoms with Crippen LogP contribution in [0.15, 0.2) is 47.4 Å². The number of benzene rings is 2. The van der Waals surface area contributed by atoms with E-state index in [2.05, 4.69) is 10.6 Å². The minimum Gasteiger partial charge on any atom is -0.326 e. The maximum Gasteiger partial charge on any atom is 0.234 e. The topological polar surface area (TPSA) is 58.2 Å². The standard InChI is InChI=1S/C21H22Cl2N2O2S/c22-15-6-11-18(23)19(12-15)25-20(26)13-28-17-9-7-16(8-10-17)24-21(27)14-4-2-1-3-5-14/h6-12,14H,1-5,13H2,(H,24,27)(H,25,26). The van der Waals surface area contributed by atoms with Crippen LogP contribution in [0.5, 0.6) is 0 Å². The Kier molecular flexibility index (Phi) is 7.65. The number of amides is 2. The number of hydrogen-bond donors (Lipinski definition) is 2. The monoisotopic (exact) mass is 436 g/mol. The lowest BCUT2D eigenvalue weighted by molar-refractivity contribution is -0.120. The molecule has 1 fully saturated rings. The van der Waals surface area contributed by atoms with Gasteiger partial charge in [-0.1, -0.05) is 42.5 Å². The summed E-state index contributed by atoms with van der Waals surface area (Å²) in [6.07, 6.45) is 5.45. The Bertz CT molecular complexity index is 837. The molecule has 0 atom stereocenters. The fourth-order valence-electron chi connectivity index (χ4n) is 3.17. The predicted octanol–water partition coefficient (Wildman–Crippen LogP) is 6.24. The van der Waals surface area contributed by atoms with Crippen molar-refractivity contribution in [3.8, 4) is 0 Å². The second kappa shape index (κ2) is 10.2. The maximum absolute atomic E-state index is 12.3. The summed E-state index contributed by atoms with van der Waals surface area (Å²) in [6.45, 7) is 0. The number of anilines is 2. The van der Waals surface area contributed by atoms with Gasteiger partial charge >= 0.3 is 0 Å². The number of carbonyl (C=O) groups is 2. The Balaban J connectivity index is 1.48. The summed E-state index contributed by atoms with van der Waals surface area (Å²) in [4.78, 5) is 25.4. The first-order chi connectivity index (χ1) is 13.5. The van der Waals surface area contributed by atoms with E-state index in [-0.39, 0.29) is 23.5 Å². The van der Waals surface area contributed by atoms with Gasteiger partial charge in [-0.3, -0.25) is 9.59 Å². The van der Waals surface area contributed by atoms with Crippen LogP contribution in [-0.4, -0.2) is 17.6 Å². The molecule has 2 aromatic carbocycles. The van der Waals surface area contributed by atoms with Gasteiger partial charge in [0.2, 0.25) is 11.8 Å². The number of hydrogen-bond acceptors (Lipinski definition) is 3. The van der Waals surface area contributed by atoms with Crippen LogP contribution in [0, 0.1) is 5.92 Å². The first kappa shape index (κ1) is 21.0. The van der Waals surface area contributed by atoms with Crippen molar-refractivity contribution in [2.45, 2.75) is 37.0 Å². The number of rotatable bonds is 6. The molecule has 2 N–H and O–H groups in total. The van der Waals surface area contributed by atoms with Crippen LogP contribution in [0.3, 0.4) is 0 Å². The third-order valence-corrected chi connectivity index (χ3v) is 6.25. The second-order valence-electron chi connectivity index (χ2n) is 6.81. The van der Waals surface area contributed by atoms with Crippen LogP contribution in [0.1, 0.15) is 32.1 Å². The van der Waals surface area contributed by atoms with E-state index in [9.17, 15) is 9.59 Å². The molecule has 4 nitrogen and oxygen atoms in total. The summed E-state index contributed by atoms with van der Waals surface area (Å²) in [6, 6.07) is 12.5. The van der Waals surface area contributed by atoms with E-state index in [0.29, 0.717) is 15.7 Å². The lowest BCUT2D eigenvalue weighted by Crippen LogP contribution is -2.24. The average molecular weight is 437 g/mol. The minimum atomic E-state index is -0.163. The van der Waals surface area contributed by atoms with Crippen molar-refractivity contribution >= 4 is 58.2 Å². The maximum atomic E-state index is 12.3. The zero-order valence-corrected chi connectivity index (χ0v) is 17.7. The van der Waals surface area contributed by atoms with Gasteiger partial charge in [0.15, 0.2) is 0 Å². The summed E-state index contributed by atoms with van der Waals surface area (Å²) in [5, 5.41) is 6.71. The molecule has 0 aliphatic heterocycles. The van der Waals surface area contributed by atoms with Crippen molar-refractivity contribution in [3.05, 3.63) is 52.5 Å². The van der Waals surface area contributed by atoms with Gasteiger partial charge in [-0.05, 0) is 55.3 Å². The second-order valence-corrected chi connectivity index (χ2v) is 8.70. The zero-order valence-electron chi connectivity index (χ0n) is 15.3. The van der Waals surface area contributed by atoms with Crippen molar-refractivity contribution in [2.24, 2.45) is 5.92 Å². The molecule has 0 radical (unpaired) electrons. The van der Waals surface area contributed by atoms with Crippen molar-refractivity contribution in [2.75, 3.05) is 16.4 Å². The molecule has 0 spiro atoms. The van der Waals surface area contributed by atoms with Gasteiger partial charge in [-0.2, -0.15) is 0 Å². The molecular weight excluding hydrogens is 415 g/mol. The Morgan fingerprint density at radius 1 is 0.964 bits per heavy atom. The van der Waals surface area contributed by atoms with Gasteiger partial charge in [0.05, 0.1) is 16.5 Å². The molecule has 0 unspecified atom stereocenters. The van der Waals surface area contributed by atoms with Crippen molar-refractivity contribution in [1.29, 1.82) is 0 Å². The van der Waals surface area contributed by atoms with Gasteiger partial charge in [0.25, 0.3) is 0 Å². The fraction of sp³-hybridized carbons (Fsp3) is 0.333. The van der Waals surface area contributed by atoms with Gasteiger partial charge in [-0.25, -0.2) is 0 Å². The first-order valence-electron chi connectivity index (χ1n) is 9.30. The first-order valence-corrected chi connectivity index (χ1v) is 11.0. The average Bonchev–Trinajstić information content (AvgIpc) is 2.71. The van der Waals surface area contributed by atoms with Crippen molar-refractivity contribution < 1.29 is 9.59 Å². The summed E-state index contributed by atoms with van der Waals surface area (Å²) < 4.78 is 0. The number of nitrogens with one attached hydrogen (secondary N) is 2. The van der Waals surface area contributed by atoms with E-state index in [1.807, 2.05) is 24.3 Å². The lowest BCUT2D eigenvalue weighted by Gasteiger charge is -2.20. The summed E-state index contributed by atoms with van der Waals surface area (Å²) >= 11 is 13.4. The van der Waals surface area contributed by atoms with Gasteiger partial charge in [0.1, 0.15) is 0 Å². The van der Waals surface area contributed by atoms with Crippen LogP contribution < -0.4 is 10.6 Å². The summed E-state index contributed by atoms with van der Waals surface area (Å²) in [5.41, 5.74) is 1.29. The third kappa shape index (κ3) is 6.16. The molecule has 2 amide bonds. The highest BCUT2D eigenvalue weighted by atomic mass is 35.5. The van der Waals surface area contributed by atoms with E-state index < -0.39 is 0 Å². The van der Waals surface area contributed by atoms with Crippen LogP contribution in [0.2, 0.25) is 10.0 Å². The van der Waals surface area contributed by atoms with Gasteiger partial charge < -0.3 is 10.6 Å². The molecule has 0 heterocycles. The highest BCUT2D eigenvalue weighted by Crippen LogP contribution is 2.27. The highest BCUT2D eigenvalue weighted by molar-refractivity contribution is 8.00. The summed E-state index contributed by atoms with van der Waals surface area (Å²) in [5.74, 6) is 0.322. The molecule has 148 valence electrons. The molecule has 0 bridgehead atoms. The number of carbonyl (C=O) groups excluding carboxylic acids is 2. The molecule has 1 aliphatic rings. The lowest BCUT2D eigenvalue weighted by atomic mass is 9.88. The quantitative estimate of drug-likeness (QED) is 0.526. The Morgan fingerprint density at radius 3 is 2.39 bits per heavy atom. The fourth-order valence-corrected chi connectivity index (χ4v) is 4.21. The van der Waals surface area contributed by atoms with E-state index >= 15 is 0 Å². The Morgan fingerprint density at radius 2 is 1.68 bits per heavy atom. The zero-order chi connectivity index (χ0) is 19.9. The molecule has 3 rings (SSSR count). The molecule has 1 saturated carbocycles. The Hall–Kier alpha value is -1.69. The van der Waals surface area contributed by atoms with Crippen LogP contribution in [-0.2, 0) is 9.59 Å². The minimum absolute atomic E-state index is 0.109. The van der Waals surface area contributed by atoms with Crippen molar-refractivity contribution in [1.82, 2.24) is 0 Å². The molecule has 2 aromatic rings. The normalized spacial score (nSPS) is 14.5. The van der Waals surface area contributed by atoms with E-state index in [1.165, 1.54) is 18.2 Å². The van der Waals surface area contributed by atoms with Crippen LogP contribution in [0.4, 0.5) is 11.4 Å². The highest BCUT2D eigenvalue weighted by Gasteiger charge is 2.20. The van der Waals surface area contributed by atoms with E-state index in [1.54, 1.807) is 18.2 Å². The number of thioether (sulfide) groups is 1. The molecular formula is C21H22Cl2N2O2S. The Labute approximate surface area is 179 Å². The van der Waals surface area contributed by atoms with Crippen molar-refractivity contribution in [3.63, 3.8) is 0 Å². The van der Waals surface area contributed by atoms with Gasteiger partial charge in [0, 0.05) is 21.5 Å².